The summed E-state index contributed by atoms with van der Waals surface area (Å²) in [4.78, 5) is 12.8. The standard InChI is InChI=1S/C10H12N4O2/c1-3-8(15)7(2)14-12-10(11-13-14)9-5-4-6-16-9/h4-7H,3H2,1-2H3. The fraction of sp³-hybridized carbons (Fsp3) is 0.400. The maximum absolute atomic E-state index is 11.5. The Morgan fingerprint density at radius 1 is 1.62 bits per heavy atom. The molecule has 0 aromatic carbocycles. The predicted octanol–water partition coefficient (Wildman–Crippen LogP) is 1.47. The maximum Gasteiger partial charge on any atom is 0.240 e. The molecular weight excluding hydrogens is 208 g/mol. The van der Waals surface area contributed by atoms with Crippen molar-refractivity contribution in [3.8, 4) is 11.6 Å². The number of hydrogen-bond acceptors (Lipinski definition) is 5. The van der Waals surface area contributed by atoms with E-state index in [1.54, 1.807) is 19.1 Å². The van der Waals surface area contributed by atoms with E-state index in [1.165, 1.54) is 11.1 Å². The maximum atomic E-state index is 11.5. The normalized spacial score (nSPS) is 12.6. The Morgan fingerprint density at radius 3 is 3.06 bits per heavy atom. The molecule has 2 rings (SSSR count). The largest absolute Gasteiger partial charge is 0.461 e. The quantitative estimate of drug-likeness (QED) is 0.780. The predicted molar refractivity (Wildman–Crippen MR) is 55.5 cm³/mol. The minimum absolute atomic E-state index is 0.0726. The summed E-state index contributed by atoms with van der Waals surface area (Å²) in [5.74, 6) is 1.01. The zero-order chi connectivity index (χ0) is 11.5. The van der Waals surface area contributed by atoms with Crippen LogP contribution in [-0.4, -0.2) is 26.0 Å². The molecule has 2 heterocycles. The number of hydrogen-bond donors (Lipinski definition) is 0. The molecule has 0 aliphatic heterocycles. The van der Waals surface area contributed by atoms with E-state index in [4.69, 9.17) is 4.42 Å². The van der Waals surface area contributed by atoms with Crippen molar-refractivity contribution in [3.05, 3.63) is 18.4 Å². The highest BCUT2D eigenvalue weighted by molar-refractivity contribution is 5.81. The molecular formula is C10H12N4O2. The van der Waals surface area contributed by atoms with Gasteiger partial charge in [0.25, 0.3) is 0 Å². The Labute approximate surface area is 92.3 Å². The van der Waals surface area contributed by atoms with Gasteiger partial charge in [0, 0.05) is 6.42 Å². The van der Waals surface area contributed by atoms with Crippen molar-refractivity contribution < 1.29 is 9.21 Å². The summed E-state index contributed by atoms with van der Waals surface area (Å²) in [6.45, 7) is 3.56. The number of carbonyl (C=O) groups is 1. The van der Waals surface area contributed by atoms with Gasteiger partial charge in [-0.05, 0) is 24.3 Å². The molecule has 0 spiro atoms. The molecule has 84 valence electrons. The van der Waals surface area contributed by atoms with Crippen LogP contribution in [0, 0.1) is 0 Å². The van der Waals surface area contributed by atoms with Crippen LogP contribution in [0.2, 0.25) is 0 Å². The summed E-state index contributed by atoms with van der Waals surface area (Å²) >= 11 is 0. The van der Waals surface area contributed by atoms with E-state index in [0.29, 0.717) is 18.0 Å². The number of nitrogens with zero attached hydrogens (tertiary/aromatic N) is 4. The van der Waals surface area contributed by atoms with Crippen LogP contribution >= 0.6 is 0 Å². The van der Waals surface area contributed by atoms with Crippen LogP contribution in [0.1, 0.15) is 26.3 Å². The van der Waals surface area contributed by atoms with Crippen molar-refractivity contribution in [3.63, 3.8) is 0 Å². The molecule has 6 nitrogen and oxygen atoms in total. The first-order chi connectivity index (χ1) is 7.72. The third kappa shape index (κ3) is 1.86. The van der Waals surface area contributed by atoms with Crippen LogP contribution in [-0.2, 0) is 4.79 Å². The first-order valence-electron chi connectivity index (χ1n) is 5.08. The molecule has 1 atom stereocenters. The van der Waals surface area contributed by atoms with Crippen molar-refractivity contribution in [2.45, 2.75) is 26.3 Å². The lowest BCUT2D eigenvalue weighted by Crippen LogP contribution is -2.18. The molecule has 0 radical (unpaired) electrons. The lowest BCUT2D eigenvalue weighted by atomic mass is 10.2. The Balaban J connectivity index is 2.23. The van der Waals surface area contributed by atoms with Crippen LogP contribution in [0.3, 0.4) is 0 Å². The molecule has 1 unspecified atom stereocenters. The monoisotopic (exact) mass is 220 g/mol. The molecule has 0 fully saturated rings. The second-order valence-corrected chi connectivity index (χ2v) is 3.41. The van der Waals surface area contributed by atoms with Crippen LogP contribution in [0.5, 0.6) is 0 Å². The van der Waals surface area contributed by atoms with Gasteiger partial charge < -0.3 is 4.42 Å². The van der Waals surface area contributed by atoms with E-state index in [2.05, 4.69) is 15.4 Å². The number of aromatic nitrogens is 4. The second-order valence-electron chi connectivity index (χ2n) is 3.41. The number of tetrazole rings is 1. The molecule has 0 aliphatic rings. The summed E-state index contributed by atoms with van der Waals surface area (Å²) in [7, 11) is 0. The molecule has 0 bridgehead atoms. The molecule has 2 aromatic rings. The average Bonchev–Trinajstić information content (AvgIpc) is 2.96. The molecule has 0 saturated heterocycles. The van der Waals surface area contributed by atoms with Crippen molar-refractivity contribution in [1.82, 2.24) is 20.2 Å². The van der Waals surface area contributed by atoms with Gasteiger partial charge in [0.2, 0.25) is 5.82 Å². The number of carbonyl (C=O) groups excluding carboxylic acids is 1. The summed E-state index contributed by atoms with van der Waals surface area (Å²) in [6, 6.07) is 3.10. The van der Waals surface area contributed by atoms with E-state index in [-0.39, 0.29) is 11.8 Å². The van der Waals surface area contributed by atoms with Crippen LogP contribution < -0.4 is 0 Å². The highest BCUT2D eigenvalue weighted by Crippen LogP contribution is 2.14. The van der Waals surface area contributed by atoms with E-state index >= 15 is 0 Å². The zero-order valence-corrected chi connectivity index (χ0v) is 9.12. The Bertz CT molecular complexity index is 475. The Hall–Kier alpha value is -1.98. The smallest absolute Gasteiger partial charge is 0.240 e. The fourth-order valence-electron chi connectivity index (χ4n) is 1.32. The van der Waals surface area contributed by atoms with Crippen molar-refractivity contribution in [2.24, 2.45) is 0 Å². The van der Waals surface area contributed by atoms with Crippen LogP contribution in [0.4, 0.5) is 0 Å². The summed E-state index contributed by atoms with van der Waals surface area (Å²) in [6.07, 6.45) is 2.00. The fourth-order valence-corrected chi connectivity index (χ4v) is 1.32. The minimum Gasteiger partial charge on any atom is -0.461 e. The third-order valence-corrected chi connectivity index (χ3v) is 2.33. The van der Waals surface area contributed by atoms with Gasteiger partial charge in [-0.15, -0.1) is 10.2 Å². The van der Waals surface area contributed by atoms with Crippen molar-refractivity contribution in [1.29, 1.82) is 0 Å². The van der Waals surface area contributed by atoms with E-state index < -0.39 is 0 Å². The molecule has 0 saturated carbocycles. The van der Waals surface area contributed by atoms with Gasteiger partial charge >= 0.3 is 0 Å². The molecule has 6 heteroatoms. The topological polar surface area (TPSA) is 73.8 Å². The van der Waals surface area contributed by atoms with Gasteiger partial charge in [0.15, 0.2) is 11.5 Å². The molecule has 2 aromatic heterocycles. The number of Topliss-reactive ketones (excluding diaryl/α,β-unsaturated/α-hetero) is 1. The highest BCUT2D eigenvalue weighted by Gasteiger charge is 2.17. The average molecular weight is 220 g/mol. The molecule has 0 N–H and O–H groups in total. The summed E-state index contributed by atoms with van der Waals surface area (Å²) in [5.41, 5.74) is 0. The van der Waals surface area contributed by atoms with Crippen LogP contribution in [0.15, 0.2) is 22.8 Å². The van der Waals surface area contributed by atoms with Gasteiger partial charge in [-0.2, -0.15) is 4.80 Å². The van der Waals surface area contributed by atoms with Gasteiger partial charge in [-0.25, -0.2) is 0 Å². The first kappa shape index (κ1) is 10.5. The van der Waals surface area contributed by atoms with Gasteiger partial charge in [-0.1, -0.05) is 6.92 Å². The lowest BCUT2D eigenvalue weighted by Gasteiger charge is -2.05. The van der Waals surface area contributed by atoms with Crippen molar-refractivity contribution >= 4 is 5.78 Å². The van der Waals surface area contributed by atoms with Gasteiger partial charge in [-0.3, -0.25) is 4.79 Å². The van der Waals surface area contributed by atoms with Gasteiger partial charge in [0.1, 0.15) is 6.04 Å². The third-order valence-electron chi connectivity index (χ3n) is 2.33. The van der Waals surface area contributed by atoms with Gasteiger partial charge in [0.05, 0.1) is 6.26 Å². The van der Waals surface area contributed by atoms with E-state index in [9.17, 15) is 4.79 Å². The van der Waals surface area contributed by atoms with E-state index in [0.717, 1.165) is 0 Å². The SMILES string of the molecule is CCC(=O)C(C)n1nnc(-c2ccco2)n1. The number of ketones is 1. The molecule has 0 amide bonds. The molecule has 16 heavy (non-hydrogen) atoms. The minimum atomic E-state index is -0.388. The molecule has 0 aliphatic carbocycles. The van der Waals surface area contributed by atoms with Crippen LogP contribution in [0.25, 0.3) is 11.6 Å². The summed E-state index contributed by atoms with van der Waals surface area (Å²) in [5, 5.41) is 11.8. The number of rotatable bonds is 4. The lowest BCUT2D eigenvalue weighted by molar-refractivity contribution is -0.122. The zero-order valence-electron chi connectivity index (χ0n) is 9.12. The van der Waals surface area contributed by atoms with Crippen molar-refractivity contribution in [2.75, 3.05) is 0 Å². The Morgan fingerprint density at radius 2 is 2.44 bits per heavy atom. The second kappa shape index (κ2) is 4.26. The number of furan rings is 1. The Kier molecular flexibility index (Phi) is 2.80. The first-order valence-corrected chi connectivity index (χ1v) is 5.08. The highest BCUT2D eigenvalue weighted by atomic mass is 16.3. The van der Waals surface area contributed by atoms with E-state index in [1.807, 2.05) is 6.92 Å². The summed E-state index contributed by atoms with van der Waals surface area (Å²) < 4.78 is 5.14.